The zero-order valence-corrected chi connectivity index (χ0v) is 12.5. The van der Waals surface area contributed by atoms with Gasteiger partial charge in [0.15, 0.2) is 5.89 Å². The Kier molecular flexibility index (Phi) is 4.45. The van der Waals surface area contributed by atoms with E-state index in [1.807, 2.05) is 26.0 Å². The van der Waals surface area contributed by atoms with Crippen LogP contribution in [0.1, 0.15) is 47.5 Å². The highest BCUT2D eigenvalue weighted by molar-refractivity contribution is 6.30. The number of aromatic nitrogens is 1. The number of hydrogen-bond acceptors (Lipinski definition) is 3. The first kappa shape index (κ1) is 14.6. The monoisotopic (exact) mass is 292 g/mol. The summed E-state index contributed by atoms with van der Waals surface area (Å²) >= 11 is 5.82. The molecule has 0 unspecified atom stereocenters. The molecule has 20 heavy (non-hydrogen) atoms. The SMILES string of the molecule is Cc1nc(C(C)C)c(C(=O)NCc2ccc(Cl)cc2)o1. The normalized spacial score (nSPS) is 10.8. The fourth-order valence-corrected chi connectivity index (χ4v) is 1.99. The second kappa shape index (κ2) is 6.09. The maximum absolute atomic E-state index is 12.2. The highest BCUT2D eigenvalue weighted by atomic mass is 35.5. The van der Waals surface area contributed by atoms with E-state index in [1.165, 1.54) is 0 Å². The number of nitrogens with zero attached hydrogens (tertiary/aromatic N) is 1. The number of halogens is 1. The summed E-state index contributed by atoms with van der Waals surface area (Å²) in [5, 5.41) is 3.50. The molecule has 0 atom stereocenters. The molecule has 2 rings (SSSR count). The molecule has 1 aromatic carbocycles. The van der Waals surface area contributed by atoms with Crippen LogP contribution in [0.3, 0.4) is 0 Å². The quantitative estimate of drug-likeness (QED) is 0.935. The third kappa shape index (κ3) is 3.39. The first-order valence-corrected chi connectivity index (χ1v) is 6.85. The third-order valence-corrected chi connectivity index (χ3v) is 3.13. The number of benzene rings is 1. The molecule has 106 valence electrons. The summed E-state index contributed by atoms with van der Waals surface area (Å²) in [5.74, 6) is 0.699. The minimum absolute atomic E-state index is 0.142. The van der Waals surface area contributed by atoms with E-state index in [1.54, 1.807) is 19.1 Å². The fraction of sp³-hybridized carbons (Fsp3) is 0.333. The summed E-state index contributed by atoms with van der Waals surface area (Å²) in [6, 6.07) is 7.33. The van der Waals surface area contributed by atoms with Gasteiger partial charge in [-0.3, -0.25) is 4.79 Å². The van der Waals surface area contributed by atoms with Crippen molar-refractivity contribution < 1.29 is 9.21 Å². The smallest absolute Gasteiger partial charge is 0.289 e. The predicted octanol–water partition coefficient (Wildman–Crippen LogP) is 3.69. The Balaban J connectivity index is 2.07. The van der Waals surface area contributed by atoms with Crippen LogP contribution in [0.15, 0.2) is 28.7 Å². The van der Waals surface area contributed by atoms with Gasteiger partial charge in [0.05, 0.1) is 5.69 Å². The van der Waals surface area contributed by atoms with E-state index in [9.17, 15) is 4.79 Å². The molecular formula is C15H17ClN2O2. The van der Waals surface area contributed by atoms with Crippen molar-refractivity contribution in [2.24, 2.45) is 0 Å². The highest BCUT2D eigenvalue weighted by Crippen LogP contribution is 2.19. The van der Waals surface area contributed by atoms with Crippen LogP contribution in [-0.4, -0.2) is 10.9 Å². The van der Waals surface area contributed by atoms with Crippen molar-refractivity contribution in [2.45, 2.75) is 33.2 Å². The lowest BCUT2D eigenvalue weighted by atomic mass is 10.1. The molecule has 0 saturated carbocycles. The average Bonchev–Trinajstić information content (AvgIpc) is 2.80. The van der Waals surface area contributed by atoms with Crippen LogP contribution in [0.25, 0.3) is 0 Å². The Hall–Kier alpha value is -1.81. The van der Waals surface area contributed by atoms with Gasteiger partial charge in [-0.2, -0.15) is 0 Å². The molecule has 1 amide bonds. The number of nitrogens with one attached hydrogen (secondary N) is 1. The van der Waals surface area contributed by atoms with Gasteiger partial charge in [-0.05, 0) is 23.6 Å². The largest absolute Gasteiger partial charge is 0.436 e. The molecule has 1 aromatic heterocycles. The maximum Gasteiger partial charge on any atom is 0.289 e. The second-order valence-corrected chi connectivity index (χ2v) is 5.35. The van der Waals surface area contributed by atoms with Crippen LogP contribution in [-0.2, 0) is 6.54 Å². The number of aryl methyl sites for hydroxylation is 1. The molecule has 2 aromatic rings. The summed E-state index contributed by atoms with van der Waals surface area (Å²) in [5.41, 5.74) is 1.67. The number of carbonyl (C=O) groups excluding carboxylic acids is 1. The van der Waals surface area contributed by atoms with E-state index in [0.29, 0.717) is 28.9 Å². The molecule has 1 N–H and O–H groups in total. The van der Waals surface area contributed by atoms with E-state index in [0.717, 1.165) is 5.56 Å². The summed E-state index contributed by atoms with van der Waals surface area (Å²) in [4.78, 5) is 16.4. The van der Waals surface area contributed by atoms with Crippen molar-refractivity contribution in [3.8, 4) is 0 Å². The second-order valence-electron chi connectivity index (χ2n) is 4.91. The molecule has 0 aliphatic carbocycles. The topological polar surface area (TPSA) is 55.1 Å². The van der Waals surface area contributed by atoms with Crippen LogP contribution >= 0.6 is 11.6 Å². The molecule has 4 nitrogen and oxygen atoms in total. The lowest BCUT2D eigenvalue weighted by molar-refractivity contribution is 0.0920. The van der Waals surface area contributed by atoms with Crippen molar-refractivity contribution >= 4 is 17.5 Å². The Labute approximate surface area is 123 Å². The van der Waals surface area contributed by atoms with Gasteiger partial charge in [-0.25, -0.2) is 4.98 Å². The molecule has 0 bridgehead atoms. The lowest BCUT2D eigenvalue weighted by Crippen LogP contribution is -2.23. The third-order valence-electron chi connectivity index (χ3n) is 2.88. The maximum atomic E-state index is 12.2. The highest BCUT2D eigenvalue weighted by Gasteiger charge is 2.20. The van der Waals surface area contributed by atoms with Gasteiger partial charge in [0.2, 0.25) is 5.76 Å². The van der Waals surface area contributed by atoms with Gasteiger partial charge in [0.25, 0.3) is 5.91 Å². The summed E-state index contributed by atoms with van der Waals surface area (Å²) < 4.78 is 5.40. The minimum atomic E-state index is -0.246. The van der Waals surface area contributed by atoms with Crippen molar-refractivity contribution in [3.63, 3.8) is 0 Å². The van der Waals surface area contributed by atoms with E-state index in [-0.39, 0.29) is 11.8 Å². The van der Waals surface area contributed by atoms with Crippen molar-refractivity contribution in [2.75, 3.05) is 0 Å². The van der Waals surface area contributed by atoms with Crippen LogP contribution < -0.4 is 5.32 Å². The van der Waals surface area contributed by atoms with Crippen molar-refractivity contribution in [1.29, 1.82) is 0 Å². The molecule has 0 aliphatic rings. The van der Waals surface area contributed by atoms with Gasteiger partial charge in [0, 0.05) is 18.5 Å². The molecule has 0 saturated heterocycles. The van der Waals surface area contributed by atoms with Crippen molar-refractivity contribution in [3.05, 3.63) is 52.2 Å². The number of hydrogen-bond donors (Lipinski definition) is 1. The standard InChI is InChI=1S/C15H17ClN2O2/c1-9(2)13-14(20-10(3)18-13)15(19)17-8-11-4-6-12(16)7-5-11/h4-7,9H,8H2,1-3H3,(H,17,19). The molecule has 5 heteroatoms. The number of carbonyl (C=O) groups is 1. The van der Waals surface area contributed by atoms with Crippen LogP contribution in [0, 0.1) is 6.92 Å². The first-order valence-electron chi connectivity index (χ1n) is 6.47. The first-order chi connectivity index (χ1) is 9.47. The molecule has 0 aliphatic heterocycles. The molecular weight excluding hydrogens is 276 g/mol. The van der Waals surface area contributed by atoms with Gasteiger partial charge < -0.3 is 9.73 Å². The summed E-state index contributed by atoms with van der Waals surface area (Å²) in [6.07, 6.45) is 0. The molecule has 0 fully saturated rings. The van der Waals surface area contributed by atoms with Crippen LogP contribution in [0.4, 0.5) is 0 Å². The van der Waals surface area contributed by atoms with Gasteiger partial charge >= 0.3 is 0 Å². The van der Waals surface area contributed by atoms with E-state index in [2.05, 4.69) is 10.3 Å². The van der Waals surface area contributed by atoms with Gasteiger partial charge in [-0.15, -0.1) is 0 Å². The average molecular weight is 293 g/mol. The Morgan fingerprint density at radius 3 is 2.60 bits per heavy atom. The Morgan fingerprint density at radius 1 is 1.35 bits per heavy atom. The van der Waals surface area contributed by atoms with E-state index < -0.39 is 0 Å². The minimum Gasteiger partial charge on any atom is -0.436 e. The zero-order valence-electron chi connectivity index (χ0n) is 11.7. The fourth-order valence-electron chi connectivity index (χ4n) is 1.86. The number of rotatable bonds is 4. The lowest BCUT2D eigenvalue weighted by Gasteiger charge is -2.06. The van der Waals surface area contributed by atoms with Crippen LogP contribution in [0.5, 0.6) is 0 Å². The Bertz CT molecular complexity index is 603. The van der Waals surface area contributed by atoms with Gasteiger partial charge in [-0.1, -0.05) is 37.6 Å². The summed E-state index contributed by atoms with van der Waals surface area (Å²) in [7, 11) is 0. The molecule has 0 spiro atoms. The van der Waals surface area contributed by atoms with E-state index >= 15 is 0 Å². The van der Waals surface area contributed by atoms with E-state index in [4.69, 9.17) is 16.0 Å². The molecule has 0 radical (unpaired) electrons. The van der Waals surface area contributed by atoms with Gasteiger partial charge in [0.1, 0.15) is 0 Å². The van der Waals surface area contributed by atoms with Crippen molar-refractivity contribution in [1.82, 2.24) is 10.3 Å². The molecule has 1 heterocycles. The summed E-state index contributed by atoms with van der Waals surface area (Å²) in [6.45, 7) is 6.12. The number of amides is 1. The van der Waals surface area contributed by atoms with Crippen LogP contribution in [0.2, 0.25) is 5.02 Å². The zero-order chi connectivity index (χ0) is 14.7. The number of oxazole rings is 1. The predicted molar refractivity (Wildman–Crippen MR) is 78.0 cm³/mol. The Morgan fingerprint density at radius 2 is 2.00 bits per heavy atom.